The quantitative estimate of drug-likeness (QED) is 0.408. The number of aromatic amines is 1. The Labute approximate surface area is 191 Å². The highest BCUT2D eigenvalue weighted by atomic mass is 19.1. The minimum Gasteiger partial charge on any atom is -0.338 e. The van der Waals surface area contributed by atoms with E-state index in [1.54, 1.807) is 30.3 Å². The number of benzene rings is 2. The van der Waals surface area contributed by atoms with Gasteiger partial charge in [0.05, 0.1) is 11.1 Å². The van der Waals surface area contributed by atoms with Gasteiger partial charge in [-0.25, -0.2) is 9.37 Å². The summed E-state index contributed by atoms with van der Waals surface area (Å²) in [6.45, 7) is 2.20. The molecule has 0 atom stereocenters. The van der Waals surface area contributed by atoms with E-state index in [2.05, 4.69) is 49.9 Å². The highest BCUT2D eigenvalue weighted by Gasteiger charge is 2.19. The Bertz CT molecular complexity index is 1280. The average molecular weight is 445 g/mol. The van der Waals surface area contributed by atoms with Gasteiger partial charge in [0, 0.05) is 5.56 Å². The Balaban J connectivity index is 1.28. The van der Waals surface area contributed by atoms with Crippen molar-refractivity contribution in [1.82, 2.24) is 20.1 Å². The van der Waals surface area contributed by atoms with Crippen molar-refractivity contribution in [2.24, 2.45) is 0 Å². The molecule has 0 saturated carbocycles. The SMILES string of the molecule is CN1CCC(c2ccc(C(=O)Nc3n[nH]c4nc(Nc5ccccc5F)ccc34)cc2)CC1. The standard InChI is InChI=1S/C25H25FN6O/c1-32-14-12-17(13-15-32)16-6-8-18(9-7-16)25(33)29-24-19-10-11-22(28-23(19)30-31-24)27-21-5-3-2-4-20(21)26/h2-11,17H,12-15H2,1H3,(H3,27,28,29,30,31,33). The Morgan fingerprint density at radius 2 is 1.82 bits per heavy atom. The third kappa shape index (κ3) is 4.56. The Hall–Kier alpha value is -3.78. The first kappa shape index (κ1) is 21.1. The number of halogens is 1. The second-order valence-electron chi connectivity index (χ2n) is 8.42. The molecule has 7 nitrogen and oxygen atoms in total. The summed E-state index contributed by atoms with van der Waals surface area (Å²) in [5.74, 6) is 0.829. The number of fused-ring (bicyclic) bond motifs is 1. The number of rotatable bonds is 5. The lowest BCUT2D eigenvalue weighted by Gasteiger charge is -2.29. The van der Waals surface area contributed by atoms with Gasteiger partial charge in [0.25, 0.3) is 5.91 Å². The van der Waals surface area contributed by atoms with Gasteiger partial charge >= 0.3 is 0 Å². The van der Waals surface area contributed by atoms with E-state index >= 15 is 0 Å². The summed E-state index contributed by atoms with van der Waals surface area (Å²) in [5.41, 5.74) is 2.68. The van der Waals surface area contributed by atoms with Crippen molar-refractivity contribution in [3.63, 3.8) is 0 Å². The fourth-order valence-corrected chi connectivity index (χ4v) is 4.20. The number of pyridine rings is 1. The van der Waals surface area contributed by atoms with Gasteiger partial charge in [0.15, 0.2) is 11.5 Å². The molecule has 4 aromatic rings. The lowest BCUT2D eigenvalue weighted by molar-refractivity contribution is 0.102. The van der Waals surface area contributed by atoms with Crippen molar-refractivity contribution in [3.8, 4) is 0 Å². The zero-order valence-electron chi connectivity index (χ0n) is 18.3. The van der Waals surface area contributed by atoms with Crippen molar-refractivity contribution in [2.75, 3.05) is 30.8 Å². The molecule has 3 heterocycles. The third-order valence-electron chi connectivity index (χ3n) is 6.16. The fraction of sp³-hybridized carbons (Fsp3) is 0.240. The van der Waals surface area contributed by atoms with Crippen molar-refractivity contribution in [3.05, 3.63) is 77.6 Å². The van der Waals surface area contributed by atoms with Gasteiger partial charge < -0.3 is 15.5 Å². The van der Waals surface area contributed by atoms with Crippen LogP contribution < -0.4 is 10.6 Å². The minimum absolute atomic E-state index is 0.230. The number of nitrogens with one attached hydrogen (secondary N) is 3. The highest BCUT2D eigenvalue weighted by Crippen LogP contribution is 2.28. The number of piperidine rings is 1. The number of hydrogen-bond donors (Lipinski definition) is 3. The molecule has 0 bridgehead atoms. The van der Waals surface area contributed by atoms with Crippen LogP contribution in [0.3, 0.4) is 0 Å². The molecule has 2 aromatic heterocycles. The minimum atomic E-state index is -0.362. The maximum absolute atomic E-state index is 13.9. The van der Waals surface area contributed by atoms with Crippen molar-refractivity contribution < 1.29 is 9.18 Å². The number of carbonyl (C=O) groups is 1. The molecule has 1 saturated heterocycles. The number of aromatic nitrogens is 3. The second-order valence-corrected chi connectivity index (χ2v) is 8.42. The van der Waals surface area contributed by atoms with Crippen LogP contribution in [0.25, 0.3) is 11.0 Å². The van der Waals surface area contributed by atoms with E-state index in [1.807, 2.05) is 12.1 Å². The molecule has 3 N–H and O–H groups in total. The molecular formula is C25H25FN6O. The number of carbonyl (C=O) groups excluding carboxylic acids is 1. The third-order valence-corrected chi connectivity index (χ3v) is 6.16. The predicted octanol–water partition coefficient (Wildman–Crippen LogP) is 4.90. The Morgan fingerprint density at radius 3 is 2.58 bits per heavy atom. The van der Waals surface area contributed by atoms with Crippen LogP contribution in [0.15, 0.2) is 60.7 Å². The fourth-order valence-electron chi connectivity index (χ4n) is 4.20. The number of nitrogens with zero attached hydrogens (tertiary/aromatic N) is 3. The van der Waals surface area contributed by atoms with Gasteiger partial charge in [-0.15, -0.1) is 0 Å². The normalized spacial score (nSPS) is 15.0. The van der Waals surface area contributed by atoms with Crippen LogP contribution >= 0.6 is 0 Å². The van der Waals surface area contributed by atoms with E-state index in [-0.39, 0.29) is 11.7 Å². The van der Waals surface area contributed by atoms with Gasteiger partial charge in [-0.05, 0) is 80.9 Å². The molecule has 0 spiro atoms. The summed E-state index contributed by atoms with van der Waals surface area (Å²) in [5, 5.41) is 13.5. The van der Waals surface area contributed by atoms with Gasteiger partial charge in [0.1, 0.15) is 11.6 Å². The van der Waals surface area contributed by atoms with Crippen LogP contribution in [0.4, 0.5) is 21.7 Å². The summed E-state index contributed by atoms with van der Waals surface area (Å²) in [4.78, 5) is 19.6. The number of anilines is 3. The maximum Gasteiger partial charge on any atom is 0.256 e. The molecule has 0 unspecified atom stereocenters. The maximum atomic E-state index is 13.9. The number of likely N-dealkylation sites (tertiary alicyclic amines) is 1. The highest BCUT2D eigenvalue weighted by molar-refractivity contribution is 6.07. The molecule has 0 aliphatic carbocycles. The first-order valence-electron chi connectivity index (χ1n) is 11.0. The van der Waals surface area contributed by atoms with E-state index in [0.717, 1.165) is 25.9 Å². The molecular weight excluding hydrogens is 419 g/mol. The van der Waals surface area contributed by atoms with Crippen molar-refractivity contribution >= 4 is 34.3 Å². The van der Waals surface area contributed by atoms with E-state index in [4.69, 9.17) is 0 Å². The van der Waals surface area contributed by atoms with E-state index in [0.29, 0.717) is 39.8 Å². The topological polar surface area (TPSA) is 85.9 Å². The Kier molecular flexibility index (Phi) is 5.75. The molecule has 1 aliphatic rings. The summed E-state index contributed by atoms with van der Waals surface area (Å²) in [6, 6.07) is 17.7. The van der Waals surface area contributed by atoms with Gasteiger partial charge in [-0.1, -0.05) is 24.3 Å². The molecule has 2 aromatic carbocycles. The number of para-hydroxylation sites is 1. The van der Waals surface area contributed by atoms with Crippen molar-refractivity contribution in [2.45, 2.75) is 18.8 Å². The zero-order chi connectivity index (χ0) is 22.8. The zero-order valence-corrected chi connectivity index (χ0v) is 18.3. The molecule has 1 aliphatic heterocycles. The molecule has 8 heteroatoms. The number of H-pyrrole nitrogens is 1. The average Bonchev–Trinajstić information content (AvgIpc) is 3.23. The Morgan fingerprint density at radius 1 is 1.06 bits per heavy atom. The summed E-state index contributed by atoms with van der Waals surface area (Å²) < 4.78 is 13.9. The van der Waals surface area contributed by atoms with Crippen molar-refractivity contribution in [1.29, 1.82) is 0 Å². The molecule has 1 fully saturated rings. The molecule has 168 valence electrons. The lowest BCUT2D eigenvalue weighted by atomic mass is 9.89. The summed E-state index contributed by atoms with van der Waals surface area (Å²) in [7, 11) is 2.15. The predicted molar refractivity (Wildman–Crippen MR) is 127 cm³/mol. The molecule has 33 heavy (non-hydrogen) atoms. The first-order chi connectivity index (χ1) is 16.1. The van der Waals surface area contributed by atoms with Crippen LogP contribution in [-0.2, 0) is 0 Å². The van der Waals surface area contributed by atoms with Crippen LogP contribution in [0.5, 0.6) is 0 Å². The molecule has 0 radical (unpaired) electrons. The first-order valence-corrected chi connectivity index (χ1v) is 11.0. The van der Waals surface area contributed by atoms with Gasteiger partial charge in [-0.2, -0.15) is 5.10 Å². The number of amides is 1. The van der Waals surface area contributed by atoms with E-state index in [9.17, 15) is 9.18 Å². The second kappa shape index (κ2) is 8.99. The smallest absolute Gasteiger partial charge is 0.256 e. The molecule has 5 rings (SSSR count). The van der Waals surface area contributed by atoms with Crippen LogP contribution in [-0.4, -0.2) is 46.1 Å². The van der Waals surface area contributed by atoms with Gasteiger partial charge in [0.2, 0.25) is 0 Å². The van der Waals surface area contributed by atoms with Crippen LogP contribution in [0.2, 0.25) is 0 Å². The van der Waals surface area contributed by atoms with E-state index in [1.165, 1.54) is 11.6 Å². The summed E-state index contributed by atoms with van der Waals surface area (Å²) in [6.07, 6.45) is 2.28. The van der Waals surface area contributed by atoms with Crippen LogP contribution in [0, 0.1) is 5.82 Å². The monoisotopic (exact) mass is 444 g/mol. The molecule has 1 amide bonds. The largest absolute Gasteiger partial charge is 0.338 e. The summed E-state index contributed by atoms with van der Waals surface area (Å²) >= 11 is 0. The van der Waals surface area contributed by atoms with Crippen LogP contribution in [0.1, 0.15) is 34.7 Å². The van der Waals surface area contributed by atoms with Gasteiger partial charge in [-0.3, -0.25) is 9.89 Å². The number of hydrogen-bond acceptors (Lipinski definition) is 5. The lowest BCUT2D eigenvalue weighted by Crippen LogP contribution is -2.29. The van der Waals surface area contributed by atoms with E-state index < -0.39 is 0 Å².